The molecule has 0 heterocycles. The van der Waals surface area contributed by atoms with E-state index in [2.05, 4.69) is 22.4 Å². The van der Waals surface area contributed by atoms with Gasteiger partial charge in [-0.05, 0) is 24.6 Å². The van der Waals surface area contributed by atoms with Gasteiger partial charge in [-0.3, -0.25) is 0 Å². The van der Waals surface area contributed by atoms with E-state index in [4.69, 9.17) is 5.11 Å². The highest BCUT2D eigenvalue weighted by atomic mass is 32.1. The average molecular weight is 173 g/mol. The number of hydrogen-bond donors (Lipinski definition) is 1. The third-order valence-corrected chi connectivity index (χ3v) is 1.29. The lowest BCUT2D eigenvalue weighted by molar-refractivity contribution is -0.138. The number of nitrogens with zero attached hydrogens (tertiary/aromatic N) is 1. The first-order valence-electron chi connectivity index (χ1n) is 3.37. The molecule has 0 radical (unpaired) electrons. The number of thiocarbonyl (C=S) groups is 1. The SMILES string of the molecule is CC(C)C[C@H](N=C=S)C(=O)O. The Bertz CT molecular complexity index is 183. The zero-order valence-electron chi connectivity index (χ0n) is 6.57. The molecule has 0 aliphatic rings. The summed E-state index contributed by atoms with van der Waals surface area (Å²) in [6.45, 7) is 3.88. The number of aliphatic imine (C=N–C) groups is 1. The van der Waals surface area contributed by atoms with Crippen molar-refractivity contribution in [3.05, 3.63) is 0 Å². The second-order valence-corrected chi connectivity index (χ2v) is 2.89. The number of carbonyl (C=O) groups is 1. The fourth-order valence-corrected chi connectivity index (χ4v) is 0.846. The van der Waals surface area contributed by atoms with Crippen LogP contribution in [0.25, 0.3) is 0 Å². The van der Waals surface area contributed by atoms with E-state index in [0.717, 1.165) is 0 Å². The van der Waals surface area contributed by atoms with E-state index in [9.17, 15) is 4.79 Å². The van der Waals surface area contributed by atoms with Crippen LogP contribution in [-0.2, 0) is 4.79 Å². The molecule has 0 amide bonds. The van der Waals surface area contributed by atoms with Gasteiger partial charge in [-0.2, -0.15) is 0 Å². The standard InChI is InChI=1S/C7H11NO2S/c1-5(2)3-6(7(9)10)8-4-11/h5-6H,3H2,1-2H3,(H,9,10)/t6-/m0/s1. The van der Waals surface area contributed by atoms with Gasteiger partial charge in [0.25, 0.3) is 0 Å². The Labute approximate surface area is 71.1 Å². The molecule has 1 N–H and O–H groups in total. The van der Waals surface area contributed by atoms with Crippen molar-refractivity contribution in [1.82, 2.24) is 0 Å². The lowest BCUT2D eigenvalue weighted by Gasteiger charge is -2.07. The molecule has 4 heteroatoms. The normalized spacial score (nSPS) is 12.3. The van der Waals surface area contributed by atoms with Gasteiger partial charge in [-0.15, -0.1) is 0 Å². The zero-order valence-corrected chi connectivity index (χ0v) is 7.39. The van der Waals surface area contributed by atoms with Crippen LogP contribution in [0.15, 0.2) is 4.99 Å². The Morgan fingerprint density at radius 3 is 2.55 bits per heavy atom. The molecule has 0 aliphatic heterocycles. The highest BCUT2D eigenvalue weighted by Crippen LogP contribution is 2.07. The zero-order chi connectivity index (χ0) is 8.85. The highest BCUT2D eigenvalue weighted by Gasteiger charge is 2.16. The van der Waals surface area contributed by atoms with Gasteiger partial charge in [0.1, 0.15) is 0 Å². The topological polar surface area (TPSA) is 49.7 Å². The van der Waals surface area contributed by atoms with Gasteiger partial charge in [0.05, 0.1) is 5.16 Å². The largest absolute Gasteiger partial charge is 0.480 e. The monoisotopic (exact) mass is 173 g/mol. The summed E-state index contributed by atoms with van der Waals surface area (Å²) in [6.07, 6.45) is 0.513. The molecule has 0 saturated carbocycles. The molecule has 0 fully saturated rings. The summed E-state index contributed by atoms with van der Waals surface area (Å²) in [5, 5.41) is 10.7. The van der Waals surface area contributed by atoms with E-state index in [-0.39, 0.29) is 0 Å². The van der Waals surface area contributed by atoms with Crippen molar-refractivity contribution in [2.45, 2.75) is 26.3 Å². The first-order valence-corrected chi connectivity index (χ1v) is 3.78. The third-order valence-electron chi connectivity index (χ3n) is 1.19. The molecule has 11 heavy (non-hydrogen) atoms. The minimum atomic E-state index is -0.934. The van der Waals surface area contributed by atoms with Gasteiger partial charge >= 0.3 is 5.97 Å². The van der Waals surface area contributed by atoms with Crippen LogP contribution in [-0.4, -0.2) is 22.3 Å². The summed E-state index contributed by atoms with van der Waals surface area (Å²) in [5.41, 5.74) is 0. The summed E-state index contributed by atoms with van der Waals surface area (Å²) >= 11 is 4.32. The van der Waals surface area contributed by atoms with Crippen molar-refractivity contribution in [1.29, 1.82) is 0 Å². The number of isothiocyanates is 1. The third kappa shape index (κ3) is 4.65. The van der Waals surface area contributed by atoms with Crippen molar-refractivity contribution in [3.8, 4) is 0 Å². The summed E-state index contributed by atoms with van der Waals surface area (Å²) in [5.74, 6) is -0.626. The molecule has 0 aliphatic carbocycles. The molecule has 0 rings (SSSR count). The number of hydrogen-bond acceptors (Lipinski definition) is 3. The molecular weight excluding hydrogens is 162 g/mol. The van der Waals surface area contributed by atoms with Gasteiger partial charge in [-0.25, -0.2) is 9.79 Å². The molecule has 0 aromatic rings. The average Bonchev–Trinajstić information content (AvgIpc) is 1.86. The maximum Gasteiger partial charge on any atom is 0.329 e. The summed E-state index contributed by atoms with van der Waals surface area (Å²) in [6, 6.07) is -0.715. The Morgan fingerprint density at radius 1 is 1.73 bits per heavy atom. The predicted octanol–water partition coefficient (Wildman–Crippen LogP) is 1.59. The lowest BCUT2D eigenvalue weighted by Crippen LogP contribution is -2.19. The molecular formula is C7H11NO2S. The minimum Gasteiger partial charge on any atom is -0.480 e. The van der Waals surface area contributed by atoms with Crippen LogP contribution in [0.1, 0.15) is 20.3 Å². The molecule has 0 aromatic carbocycles. The fraction of sp³-hybridized carbons (Fsp3) is 0.714. The Morgan fingerprint density at radius 2 is 2.27 bits per heavy atom. The summed E-state index contributed by atoms with van der Waals surface area (Å²) in [4.78, 5) is 14.0. The molecule has 0 spiro atoms. The Hall–Kier alpha value is -0.730. The number of aliphatic carboxylic acids is 1. The predicted molar refractivity (Wildman–Crippen MR) is 45.9 cm³/mol. The van der Waals surface area contributed by atoms with Crippen molar-refractivity contribution in [3.63, 3.8) is 0 Å². The minimum absolute atomic E-state index is 0.309. The van der Waals surface area contributed by atoms with Crippen LogP contribution in [0.5, 0.6) is 0 Å². The molecule has 3 nitrogen and oxygen atoms in total. The van der Waals surface area contributed by atoms with Crippen LogP contribution in [0.3, 0.4) is 0 Å². The molecule has 62 valence electrons. The second kappa shape index (κ2) is 4.99. The van der Waals surface area contributed by atoms with Gasteiger partial charge in [0.2, 0.25) is 0 Å². The van der Waals surface area contributed by atoms with Gasteiger partial charge in [-0.1, -0.05) is 13.8 Å². The second-order valence-electron chi connectivity index (χ2n) is 2.70. The van der Waals surface area contributed by atoms with Crippen molar-refractivity contribution in [2.24, 2.45) is 10.9 Å². The van der Waals surface area contributed by atoms with Crippen LogP contribution in [0, 0.1) is 5.92 Å². The van der Waals surface area contributed by atoms with Gasteiger partial charge in [0, 0.05) is 0 Å². The maximum absolute atomic E-state index is 10.4. The summed E-state index contributed by atoms with van der Waals surface area (Å²) in [7, 11) is 0. The van der Waals surface area contributed by atoms with Crippen LogP contribution in [0.2, 0.25) is 0 Å². The highest BCUT2D eigenvalue weighted by molar-refractivity contribution is 7.78. The summed E-state index contributed by atoms with van der Waals surface area (Å²) < 4.78 is 0. The molecule has 0 aromatic heterocycles. The van der Waals surface area contributed by atoms with Crippen LogP contribution in [0.4, 0.5) is 0 Å². The van der Waals surface area contributed by atoms with E-state index < -0.39 is 12.0 Å². The Kier molecular flexibility index (Phi) is 4.66. The van der Waals surface area contributed by atoms with Crippen LogP contribution >= 0.6 is 12.2 Å². The first kappa shape index (κ1) is 10.3. The van der Waals surface area contributed by atoms with Crippen LogP contribution < -0.4 is 0 Å². The van der Waals surface area contributed by atoms with E-state index in [1.54, 1.807) is 0 Å². The van der Waals surface area contributed by atoms with E-state index in [1.807, 2.05) is 13.8 Å². The van der Waals surface area contributed by atoms with Crippen molar-refractivity contribution in [2.75, 3.05) is 0 Å². The van der Waals surface area contributed by atoms with Crippen molar-refractivity contribution < 1.29 is 9.90 Å². The number of rotatable bonds is 4. The van der Waals surface area contributed by atoms with E-state index in [1.165, 1.54) is 0 Å². The molecule has 0 bridgehead atoms. The van der Waals surface area contributed by atoms with Crippen molar-refractivity contribution >= 4 is 23.3 Å². The maximum atomic E-state index is 10.4. The van der Waals surface area contributed by atoms with Gasteiger partial charge < -0.3 is 5.11 Å². The fourth-order valence-electron chi connectivity index (χ4n) is 0.719. The number of carboxylic acids is 1. The number of carboxylic acid groups (broad SMARTS) is 1. The Balaban J connectivity index is 4.11. The van der Waals surface area contributed by atoms with E-state index in [0.29, 0.717) is 12.3 Å². The molecule has 0 saturated heterocycles. The molecule has 1 atom stereocenters. The first-order chi connectivity index (χ1) is 5.07. The smallest absolute Gasteiger partial charge is 0.329 e. The van der Waals surface area contributed by atoms with Gasteiger partial charge in [0.15, 0.2) is 6.04 Å². The van der Waals surface area contributed by atoms with E-state index >= 15 is 0 Å². The quantitative estimate of drug-likeness (QED) is 0.518. The lowest BCUT2D eigenvalue weighted by atomic mass is 10.0. The molecule has 0 unspecified atom stereocenters.